The van der Waals surface area contributed by atoms with E-state index >= 15 is 0 Å². The van der Waals surface area contributed by atoms with E-state index in [1.165, 1.54) is 0 Å². The largest absolute Gasteiger partial charge is 0.363 e. The van der Waals surface area contributed by atoms with Crippen molar-refractivity contribution in [2.75, 3.05) is 20.1 Å². The van der Waals surface area contributed by atoms with E-state index in [0.717, 1.165) is 38.8 Å². The summed E-state index contributed by atoms with van der Waals surface area (Å²) in [6.07, 6.45) is 4.62. The Morgan fingerprint density at radius 1 is 1.38 bits per heavy atom. The van der Waals surface area contributed by atoms with Crippen LogP contribution in [0.25, 0.3) is 0 Å². The fourth-order valence-electron chi connectivity index (χ4n) is 3.17. The van der Waals surface area contributed by atoms with Gasteiger partial charge in [0.1, 0.15) is 6.04 Å². The van der Waals surface area contributed by atoms with Crippen LogP contribution in [0.2, 0.25) is 0 Å². The zero-order chi connectivity index (χ0) is 18.3. The lowest BCUT2D eigenvalue weighted by atomic mass is 9.99. The highest BCUT2D eigenvalue weighted by atomic mass is 32.1. The Morgan fingerprint density at radius 3 is 2.58 bits per heavy atom. The van der Waals surface area contributed by atoms with Gasteiger partial charge in [0.05, 0.1) is 6.04 Å². The summed E-state index contributed by atoms with van der Waals surface area (Å²) in [5.74, 6) is 0.423. The molecule has 138 valence electrons. The minimum absolute atomic E-state index is 0.00740. The Labute approximate surface area is 152 Å². The van der Waals surface area contributed by atoms with E-state index in [1.807, 2.05) is 4.90 Å². The Balaban J connectivity index is 2.75. The van der Waals surface area contributed by atoms with Gasteiger partial charge in [0.2, 0.25) is 5.91 Å². The summed E-state index contributed by atoms with van der Waals surface area (Å²) in [6, 6.07) is -0.591. The number of thiocarbonyl (C=S) groups is 1. The van der Waals surface area contributed by atoms with Crippen molar-refractivity contribution in [3.05, 3.63) is 0 Å². The molecule has 5 nitrogen and oxygen atoms in total. The van der Waals surface area contributed by atoms with Crippen molar-refractivity contribution in [3.8, 4) is 0 Å². The molecule has 0 saturated carbocycles. The van der Waals surface area contributed by atoms with Crippen LogP contribution in [0.5, 0.6) is 0 Å². The molecular weight excluding hydrogens is 322 g/mol. The molecule has 1 aliphatic rings. The van der Waals surface area contributed by atoms with Crippen molar-refractivity contribution in [3.63, 3.8) is 0 Å². The van der Waals surface area contributed by atoms with Crippen LogP contribution in [0.3, 0.4) is 0 Å². The summed E-state index contributed by atoms with van der Waals surface area (Å²) in [7, 11) is 1.75. The van der Waals surface area contributed by atoms with Gasteiger partial charge in [0.25, 0.3) is 0 Å². The third-order valence-corrected chi connectivity index (χ3v) is 4.96. The predicted octanol–water partition coefficient (Wildman–Crippen LogP) is 2.59. The molecule has 0 aliphatic carbocycles. The molecular formula is C18H33N3O2S. The molecule has 1 amide bonds. The number of likely N-dealkylation sites (N-methyl/N-ethyl adjacent to an activating group) is 1. The number of carbonyl (C=O) groups excluding carboxylic acids is 2. The van der Waals surface area contributed by atoms with Gasteiger partial charge in [-0.2, -0.15) is 0 Å². The van der Waals surface area contributed by atoms with Crippen LogP contribution in [-0.2, 0) is 9.59 Å². The number of amides is 1. The van der Waals surface area contributed by atoms with Crippen LogP contribution >= 0.6 is 12.2 Å². The van der Waals surface area contributed by atoms with Gasteiger partial charge in [-0.15, -0.1) is 0 Å². The number of likely N-dealkylation sites (tertiary alicyclic amines) is 1. The normalized spacial score (nSPS) is 18.6. The molecule has 0 aromatic rings. The number of Topliss-reactive ketones (excluding diaryl/α,β-unsaturated/α-hetero) is 1. The minimum atomic E-state index is -0.346. The summed E-state index contributed by atoms with van der Waals surface area (Å²) in [4.78, 5) is 28.6. The number of ketones is 1. The van der Waals surface area contributed by atoms with Crippen molar-refractivity contribution < 1.29 is 9.59 Å². The molecule has 0 bridgehead atoms. The lowest BCUT2D eigenvalue weighted by Crippen LogP contribution is -2.53. The van der Waals surface area contributed by atoms with E-state index in [9.17, 15) is 9.59 Å². The molecule has 0 radical (unpaired) electrons. The van der Waals surface area contributed by atoms with E-state index < -0.39 is 0 Å². The first-order valence-electron chi connectivity index (χ1n) is 9.11. The smallest absolute Gasteiger partial charge is 0.245 e. The molecule has 1 rings (SSSR count). The Bertz CT molecular complexity index is 454. The highest BCUT2D eigenvalue weighted by Crippen LogP contribution is 2.22. The number of nitrogens with zero attached hydrogens (tertiary/aromatic N) is 2. The van der Waals surface area contributed by atoms with Crippen LogP contribution in [-0.4, -0.2) is 58.8 Å². The fourth-order valence-corrected chi connectivity index (χ4v) is 3.49. The zero-order valence-electron chi connectivity index (χ0n) is 15.8. The Morgan fingerprint density at radius 2 is 2.04 bits per heavy atom. The van der Waals surface area contributed by atoms with Gasteiger partial charge in [-0.05, 0) is 50.7 Å². The first kappa shape index (κ1) is 20.9. The zero-order valence-corrected chi connectivity index (χ0v) is 16.6. The highest BCUT2D eigenvalue weighted by molar-refractivity contribution is 7.80. The fraction of sp³-hybridized carbons (Fsp3) is 0.833. The minimum Gasteiger partial charge on any atom is -0.363 e. The van der Waals surface area contributed by atoms with E-state index in [-0.39, 0.29) is 23.8 Å². The molecule has 1 fully saturated rings. The SMILES string of the molecule is CCCCNC(=S)N1CCC[C@H]1C(=O)N(C)[C@H](CC(C)C)C(C)=O. The molecule has 1 N–H and O–H groups in total. The predicted molar refractivity (Wildman–Crippen MR) is 102 cm³/mol. The van der Waals surface area contributed by atoms with Crippen molar-refractivity contribution in [1.29, 1.82) is 0 Å². The molecule has 2 atom stereocenters. The second kappa shape index (κ2) is 9.97. The number of hydrogen-bond donors (Lipinski definition) is 1. The third-order valence-electron chi connectivity index (χ3n) is 4.58. The number of rotatable bonds is 8. The summed E-state index contributed by atoms with van der Waals surface area (Å²) in [5, 5.41) is 3.92. The van der Waals surface area contributed by atoms with Crippen molar-refractivity contribution >= 4 is 29.0 Å². The van der Waals surface area contributed by atoms with Crippen molar-refractivity contribution in [2.24, 2.45) is 5.92 Å². The van der Waals surface area contributed by atoms with Gasteiger partial charge < -0.3 is 15.1 Å². The van der Waals surface area contributed by atoms with Gasteiger partial charge in [0.15, 0.2) is 10.9 Å². The first-order chi connectivity index (χ1) is 11.3. The monoisotopic (exact) mass is 355 g/mol. The summed E-state index contributed by atoms with van der Waals surface area (Å²) in [6.45, 7) is 9.49. The number of hydrogen-bond acceptors (Lipinski definition) is 3. The molecule has 1 saturated heterocycles. The average molecular weight is 356 g/mol. The lowest BCUT2D eigenvalue weighted by Gasteiger charge is -2.33. The number of carbonyl (C=O) groups is 2. The summed E-state index contributed by atoms with van der Waals surface area (Å²) in [5.41, 5.74) is 0. The third kappa shape index (κ3) is 5.72. The molecule has 0 aromatic carbocycles. The highest BCUT2D eigenvalue weighted by Gasteiger charge is 2.37. The number of nitrogens with one attached hydrogen (secondary N) is 1. The van der Waals surface area contributed by atoms with Crippen LogP contribution in [0.1, 0.15) is 59.8 Å². The second-order valence-electron chi connectivity index (χ2n) is 7.14. The van der Waals surface area contributed by atoms with Crippen molar-refractivity contribution in [1.82, 2.24) is 15.1 Å². The molecule has 1 heterocycles. The maximum absolute atomic E-state index is 13.0. The molecule has 0 aromatic heterocycles. The maximum atomic E-state index is 13.0. The number of unbranched alkanes of at least 4 members (excludes halogenated alkanes) is 1. The molecule has 0 spiro atoms. The van der Waals surface area contributed by atoms with Gasteiger partial charge in [-0.25, -0.2) is 0 Å². The van der Waals surface area contributed by atoms with Gasteiger partial charge >= 0.3 is 0 Å². The molecule has 24 heavy (non-hydrogen) atoms. The van der Waals surface area contributed by atoms with E-state index in [4.69, 9.17) is 12.2 Å². The van der Waals surface area contributed by atoms with Crippen LogP contribution in [0.4, 0.5) is 0 Å². The topological polar surface area (TPSA) is 52.7 Å². The average Bonchev–Trinajstić information content (AvgIpc) is 3.00. The Kier molecular flexibility index (Phi) is 8.67. The summed E-state index contributed by atoms with van der Waals surface area (Å²) >= 11 is 5.47. The van der Waals surface area contributed by atoms with Crippen LogP contribution in [0.15, 0.2) is 0 Å². The van der Waals surface area contributed by atoms with E-state index in [1.54, 1.807) is 18.9 Å². The molecule has 6 heteroatoms. The first-order valence-corrected chi connectivity index (χ1v) is 9.52. The molecule has 0 unspecified atom stereocenters. The van der Waals surface area contributed by atoms with Gasteiger partial charge in [0, 0.05) is 20.1 Å². The van der Waals surface area contributed by atoms with Crippen molar-refractivity contribution in [2.45, 2.75) is 71.9 Å². The lowest BCUT2D eigenvalue weighted by molar-refractivity contribution is -0.140. The Hall–Kier alpha value is -1.17. The van der Waals surface area contributed by atoms with E-state index in [2.05, 4.69) is 26.1 Å². The van der Waals surface area contributed by atoms with E-state index in [0.29, 0.717) is 17.5 Å². The summed E-state index contributed by atoms with van der Waals surface area (Å²) < 4.78 is 0. The van der Waals surface area contributed by atoms with Gasteiger partial charge in [-0.1, -0.05) is 27.2 Å². The van der Waals surface area contributed by atoms with Crippen LogP contribution < -0.4 is 5.32 Å². The maximum Gasteiger partial charge on any atom is 0.245 e. The quantitative estimate of drug-likeness (QED) is 0.536. The second-order valence-corrected chi connectivity index (χ2v) is 7.53. The van der Waals surface area contributed by atoms with Crippen LogP contribution in [0, 0.1) is 5.92 Å². The van der Waals surface area contributed by atoms with Gasteiger partial charge in [-0.3, -0.25) is 9.59 Å². The molecule has 1 aliphatic heterocycles. The standard InChI is InChI=1S/C18H33N3O2S/c1-6-7-10-19-18(24)21-11-8-9-15(21)17(23)20(5)16(14(4)22)12-13(2)3/h13,15-16H,6-12H2,1-5H3,(H,19,24)/t15-,16+/m0/s1.